The van der Waals surface area contributed by atoms with Crippen molar-refractivity contribution in [1.82, 2.24) is 15.5 Å². The summed E-state index contributed by atoms with van der Waals surface area (Å²) < 4.78 is 10.5. The fourth-order valence-electron chi connectivity index (χ4n) is 4.11. The molecule has 172 valence electrons. The summed E-state index contributed by atoms with van der Waals surface area (Å²) in [7, 11) is 3.31. The number of hydrogen-bond acceptors (Lipinski definition) is 6. The smallest absolute Gasteiger partial charge is 0.224 e. The highest BCUT2D eigenvalue weighted by Gasteiger charge is 2.26. The van der Waals surface area contributed by atoms with E-state index in [-0.39, 0.29) is 11.8 Å². The second-order valence-corrected chi connectivity index (χ2v) is 8.18. The largest absolute Gasteiger partial charge is 0.497 e. The van der Waals surface area contributed by atoms with E-state index in [1.807, 2.05) is 60.7 Å². The van der Waals surface area contributed by atoms with Crippen molar-refractivity contribution in [2.45, 2.75) is 19.3 Å². The van der Waals surface area contributed by atoms with Gasteiger partial charge in [0.05, 0.1) is 25.8 Å². The van der Waals surface area contributed by atoms with Gasteiger partial charge >= 0.3 is 0 Å². The molecular formula is C26H30N4O3. The molecule has 1 atom stereocenters. The maximum Gasteiger partial charge on any atom is 0.224 e. The van der Waals surface area contributed by atoms with Crippen molar-refractivity contribution in [2.75, 3.05) is 38.8 Å². The fourth-order valence-corrected chi connectivity index (χ4v) is 4.11. The zero-order valence-corrected chi connectivity index (χ0v) is 19.2. The van der Waals surface area contributed by atoms with Crippen LogP contribution in [0.4, 0.5) is 5.82 Å². The number of anilines is 1. The minimum atomic E-state index is -0.0490. The van der Waals surface area contributed by atoms with Gasteiger partial charge in [-0.25, -0.2) is 0 Å². The van der Waals surface area contributed by atoms with Gasteiger partial charge in [-0.2, -0.15) is 0 Å². The molecule has 7 heteroatoms. The summed E-state index contributed by atoms with van der Waals surface area (Å²) in [6, 6.07) is 19.7. The highest BCUT2D eigenvalue weighted by atomic mass is 16.5. The standard InChI is InChI=1S/C26H30N4O3/c1-32-22-10-8-20(9-11-22)24-12-13-25(29-28-24)30-16-4-6-21(18-30)26(31)27-15-14-19-5-3-7-23(17-19)33-2/h3,5,7-13,17,21H,4,6,14-16,18H2,1-2H3,(H,27,31). The van der Waals surface area contributed by atoms with Gasteiger partial charge < -0.3 is 19.7 Å². The van der Waals surface area contributed by atoms with Crippen LogP contribution in [0.3, 0.4) is 0 Å². The van der Waals surface area contributed by atoms with Crippen LogP contribution in [-0.4, -0.2) is 50.0 Å². The fraction of sp³-hybridized carbons (Fsp3) is 0.346. The van der Waals surface area contributed by atoms with E-state index in [0.29, 0.717) is 13.1 Å². The Bertz CT molecular complexity index is 1050. The Morgan fingerprint density at radius 3 is 2.58 bits per heavy atom. The number of rotatable bonds is 8. The third kappa shape index (κ3) is 5.80. The molecule has 0 spiro atoms. The van der Waals surface area contributed by atoms with E-state index < -0.39 is 0 Å². The topological polar surface area (TPSA) is 76.6 Å². The van der Waals surface area contributed by atoms with E-state index in [9.17, 15) is 4.79 Å². The zero-order valence-electron chi connectivity index (χ0n) is 19.2. The van der Waals surface area contributed by atoms with Crippen LogP contribution in [0.1, 0.15) is 18.4 Å². The Labute approximate surface area is 194 Å². The number of aromatic nitrogens is 2. The van der Waals surface area contributed by atoms with E-state index in [4.69, 9.17) is 9.47 Å². The first-order valence-corrected chi connectivity index (χ1v) is 11.3. The molecule has 1 aliphatic heterocycles. The van der Waals surface area contributed by atoms with Gasteiger partial charge in [0, 0.05) is 25.2 Å². The highest BCUT2D eigenvalue weighted by molar-refractivity contribution is 5.79. The molecule has 7 nitrogen and oxygen atoms in total. The van der Waals surface area contributed by atoms with Crippen molar-refractivity contribution in [1.29, 1.82) is 0 Å². The third-order valence-electron chi connectivity index (χ3n) is 6.00. The van der Waals surface area contributed by atoms with Crippen LogP contribution in [0.5, 0.6) is 11.5 Å². The molecule has 1 unspecified atom stereocenters. The summed E-state index contributed by atoms with van der Waals surface area (Å²) in [5.74, 6) is 2.50. The molecule has 0 bridgehead atoms. The number of methoxy groups -OCH3 is 2. The van der Waals surface area contributed by atoms with Gasteiger partial charge in [0.2, 0.25) is 5.91 Å². The van der Waals surface area contributed by atoms with Crippen LogP contribution >= 0.6 is 0 Å². The van der Waals surface area contributed by atoms with Crippen LogP contribution in [0.25, 0.3) is 11.3 Å². The molecule has 1 saturated heterocycles. The van der Waals surface area contributed by atoms with E-state index >= 15 is 0 Å². The van der Waals surface area contributed by atoms with Crippen molar-refractivity contribution in [3.63, 3.8) is 0 Å². The molecule has 1 aliphatic rings. The number of piperidine rings is 1. The van der Waals surface area contributed by atoms with Crippen molar-refractivity contribution < 1.29 is 14.3 Å². The Morgan fingerprint density at radius 2 is 1.85 bits per heavy atom. The summed E-state index contributed by atoms with van der Waals surface area (Å²) in [4.78, 5) is 14.9. The summed E-state index contributed by atoms with van der Waals surface area (Å²) >= 11 is 0. The van der Waals surface area contributed by atoms with Gasteiger partial charge in [0.25, 0.3) is 0 Å². The first-order valence-electron chi connectivity index (χ1n) is 11.3. The lowest BCUT2D eigenvalue weighted by molar-refractivity contribution is -0.125. The summed E-state index contributed by atoms with van der Waals surface area (Å²) in [6.07, 6.45) is 2.62. The Balaban J connectivity index is 1.31. The molecule has 4 rings (SSSR count). The molecule has 33 heavy (non-hydrogen) atoms. The minimum absolute atomic E-state index is 0.0490. The number of amides is 1. The molecule has 0 aliphatic carbocycles. The van der Waals surface area contributed by atoms with Crippen LogP contribution in [-0.2, 0) is 11.2 Å². The Morgan fingerprint density at radius 1 is 1.03 bits per heavy atom. The van der Waals surface area contributed by atoms with Gasteiger partial charge in [0.1, 0.15) is 11.5 Å². The van der Waals surface area contributed by atoms with Crippen molar-refractivity contribution in [3.8, 4) is 22.8 Å². The molecule has 1 aromatic heterocycles. The quantitative estimate of drug-likeness (QED) is 0.568. The van der Waals surface area contributed by atoms with Crippen molar-refractivity contribution in [3.05, 3.63) is 66.2 Å². The first kappa shape index (κ1) is 22.6. The molecule has 0 radical (unpaired) electrons. The minimum Gasteiger partial charge on any atom is -0.497 e. The van der Waals surface area contributed by atoms with Gasteiger partial charge in [-0.3, -0.25) is 4.79 Å². The predicted molar refractivity (Wildman–Crippen MR) is 129 cm³/mol. The number of ether oxygens (including phenoxy) is 2. The molecule has 2 aromatic carbocycles. The van der Waals surface area contributed by atoms with Crippen LogP contribution in [0, 0.1) is 5.92 Å². The second kappa shape index (κ2) is 10.8. The maximum atomic E-state index is 12.8. The van der Waals surface area contributed by atoms with Crippen LogP contribution in [0.15, 0.2) is 60.7 Å². The first-order chi connectivity index (χ1) is 16.2. The molecule has 0 saturated carbocycles. The molecule has 1 fully saturated rings. The lowest BCUT2D eigenvalue weighted by Crippen LogP contribution is -2.43. The van der Waals surface area contributed by atoms with Crippen LogP contribution in [0.2, 0.25) is 0 Å². The third-order valence-corrected chi connectivity index (χ3v) is 6.00. The predicted octanol–water partition coefficient (Wildman–Crippen LogP) is 3.74. The monoisotopic (exact) mass is 446 g/mol. The van der Waals surface area contributed by atoms with E-state index in [2.05, 4.69) is 20.4 Å². The average Bonchev–Trinajstić information content (AvgIpc) is 2.89. The van der Waals surface area contributed by atoms with Gasteiger partial charge in [-0.1, -0.05) is 12.1 Å². The van der Waals surface area contributed by atoms with Gasteiger partial charge in [-0.15, -0.1) is 10.2 Å². The number of hydrogen-bond donors (Lipinski definition) is 1. The SMILES string of the molecule is COc1ccc(-c2ccc(N3CCCC(C(=O)NCCc4cccc(OC)c4)C3)nn2)cc1. The molecule has 2 heterocycles. The Hall–Kier alpha value is -3.61. The number of nitrogens with zero attached hydrogens (tertiary/aromatic N) is 3. The van der Waals surface area contributed by atoms with E-state index in [1.54, 1.807) is 14.2 Å². The summed E-state index contributed by atoms with van der Waals surface area (Å²) in [5.41, 5.74) is 2.94. The van der Waals surface area contributed by atoms with Crippen molar-refractivity contribution >= 4 is 11.7 Å². The molecular weight excluding hydrogens is 416 g/mol. The number of benzene rings is 2. The van der Waals surface area contributed by atoms with E-state index in [1.165, 1.54) is 0 Å². The normalized spacial score (nSPS) is 15.7. The van der Waals surface area contributed by atoms with Gasteiger partial charge in [-0.05, 0) is 73.4 Å². The van der Waals surface area contributed by atoms with Crippen LogP contribution < -0.4 is 19.7 Å². The summed E-state index contributed by atoms with van der Waals surface area (Å²) in [6.45, 7) is 2.14. The molecule has 3 aromatic rings. The maximum absolute atomic E-state index is 12.8. The highest BCUT2D eigenvalue weighted by Crippen LogP contribution is 2.24. The van der Waals surface area contributed by atoms with E-state index in [0.717, 1.165) is 59.9 Å². The summed E-state index contributed by atoms with van der Waals surface area (Å²) in [5, 5.41) is 11.9. The number of carbonyl (C=O) groups is 1. The molecule has 1 amide bonds. The average molecular weight is 447 g/mol. The van der Waals surface area contributed by atoms with Crippen molar-refractivity contribution in [2.24, 2.45) is 5.92 Å². The zero-order chi connectivity index (χ0) is 23.0. The molecule has 1 N–H and O–H groups in total. The Kier molecular flexibility index (Phi) is 7.40. The van der Waals surface area contributed by atoms with Gasteiger partial charge in [0.15, 0.2) is 5.82 Å². The number of nitrogens with one attached hydrogen (secondary N) is 1. The second-order valence-electron chi connectivity index (χ2n) is 8.18. The number of carbonyl (C=O) groups excluding carboxylic acids is 1. The lowest BCUT2D eigenvalue weighted by atomic mass is 9.97. The lowest BCUT2D eigenvalue weighted by Gasteiger charge is -2.32.